The molecule has 1 fully saturated rings. The van der Waals surface area contributed by atoms with Gasteiger partial charge in [0.25, 0.3) is 5.91 Å². The van der Waals surface area contributed by atoms with Crippen molar-refractivity contribution in [1.82, 2.24) is 4.90 Å². The molecule has 1 aliphatic rings. The maximum atomic E-state index is 13.2. The molecule has 2 atom stereocenters. The van der Waals surface area contributed by atoms with Crippen molar-refractivity contribution in [2.45, 2.75) is 11.4 Å². The number of carbonyl (C=O) groups excluding carboxylic acids is 1. The van der Waals surface area contributed by atoms with Gasteiger partial charge in [-0.2, -0.15) is 0 Å². The summed E-state index contributed by atoms with van der Waals surface area (Å²) in [5, 5.41) is 9.23. The van der Waals surface area contributed by atoms with Gasteiger partial charge < -0.3 is 19.5 Å². The van der Waals surface area contributed by atoms with Crippen molar-refractivity contribution in [3.8, 4) is 11.5 Å². The number of carboxylic acid groups (broad SMARTS) is 1. The summed E-state index contributed by atoms with van der Waals surface area (Å²) < 4.78 is 10.4. The lowest BCUT2D eigenvalue weighted by atomic mass is 10.1. The summed E-state index contributed by atoms with van der Waals surface area (Å²) in [6, 6.07) is 13.4. The van der Waals surface area contributed by atoms with Crippen molar-refractivity contribution in [3.63, 3.8) is 0 Å². The number of carboxylic acids is 1. The summed E-state index contributed by atoms with van der Waals surface area (Å²) in [6.07, 6.45) is 0. The predicted octanol–water partition coefficient (Wildman–Crippen LogP) is 3.04. The van der Waals surface area contributed by atoms with E-state index in [2.05, 4.69) is 0 Å². The zero-order valence-corrected chi connectivity index (χ0v) is 15.2. The highest BCUT2D eigenvalue weighted by Crippen LogP contribution is 2.42. The average Bonchev–Trinajstić information content (AvgIpc) is 3.13. The van der Waals surface area contributed by atoms with E-state index in [-0.39, 0.29) is 11.3 Å². The number of ether oxygens (including phenoxy) is 2. The number of nitrogens with zero attached hydrogens (tertiary/aromatic N) is 1. The third-order valence-corrected chi connectivity index (χ3v) is 5.53. The Morgan fingerprint density at radius 1 is 1.08 bits per heavy atom. The van der Waals surface area contributed by atoms with Gasteiger partial charge in [-0.15, -0.1) is 11.8 Å². The fourth-order valence-electron chi connectivity index (χ4n) is 2.90. The van der Waals surface area contributed by atoms with Gasteiger partial charge >= 0.3 is 5.97 Å². The van der Waals surface area contributed by atoms with Crippen LogP contribution in [-0.4, -0.2) is 47.9 Å². The summed E-state index contributed by atoms with van der Waals surface area (Å²) >= 11 is 1.44. The first-order chi connectivity index (χ1) is 12.5. The van der Waals surface area contributed by atoms with E-state index in [0.29, 0.717) is 22.8 Å². The van der Waals surface area contributed by atoms with Gasteiger partial charge in [0, 0.05) is 17.4 Å². The van der Waals surface area contributed by atoms with Gasteiger partial charge in [-0.05, 0) is 17.7 Å². The number of thioether (sulfide) groups is 1. The van der Waals surface area contributed by atoms with Crippen molar-refractivity contribution in [2.24, 2.45) is 0 Å². The molecule has 0 bridgehead atoms. The summed E-state index contributed by atoms with van der Waals surface area (Å²) in [5.74, 6) is -0.0974. The summed E-state index contributed by atoms with van der Waals surface area (Å²) in [7, 11) is 3.00. The molecule has 2 aromatic rings. The molecule has 1 aliphatic heterocycles. The molecule has 0 saturated carbocycles. The SMILES string of the molecule is COc1cc(OC)cc(C(=O)N2[C@@H](C(=O)O)CS[C@@H]2c2ccccc2)c1. The largest absolute Gasteiger partial charge is 0.497 e. The van der Waals surface area contributed by atoms with Crippen LogP contribution in [-0.2, 0) is 4.79 Å². The molecule has 2 aromatic carbocycles. The molecule has 1 amide bonds. The molecule has 26 heavy (non-hydrogen) atoms. The molecule has 7 heteroatoms. The molecule has 0 aromatic heterocycles. The van der Waals surface area contributed by atoms with Gasteiger partial charge in [-0.1, -0.05) is 30.3 Å². The molecule has 0 spiro atoms. The van der Waals surface area contributed by atoms with Gasteiger partial charge in [0.05, 0.1) is 14.2 Å². The molecule has 0 aliphatic carbocycles. The number of amides is 1. The minimum atomic E-state index is -1.01. The van der Waals surface area contributed by atoms with E-state index in [1.54, 1.807) is 18.2 Å². The number of methoxy groups -OCH3 is 2. The highest BCUT2D eigenvalue weighted by molar-refractivity contribution is 7.99. The van der Waals surface area contributed by atoms with Crippen molar-refractivity contribution in [1.29, 1.82) is 0 Å². The Kier molecular flexibility index (Phi) is 5.37. The van der Waals surface area contributed by atoms with Gasteiger partial charge in [0.2, 0.25) is 0 Å². The van der Waals surface area contributed by atoms with Crippen LogP contribution in [0.1, 0.15) is 21.3 Å². The quantitative estimate of drug-likeness (QED) is 0.868. The molecule has 1 saturated heterocycles. The van der Waals surface area contributed by atoms with Gasteiger partial charge in [-0.3, -0.25) is 4.79 Å². The average molecular weight is 373 g/mol. The number of benzene rings is 2. The molecule has 1 N–H and O–H groups in total. The van der Waals surface area contributed by atoms with E-state index < -0.39 is 12.0 Å². The lowest BCUT2D eigenvalue weighted by molar-refractivity contribution is -0.141. The lowest BCUT2D eigenvalue weighted by Crippen LogP contribution is -2.43. The smallest absolute Gasteiger partial charge is 0.327 e. The van der Waals surface area contributed by atoms with E-state index >= 15 is 0 Å². The predicted molar refractivity (Wildman–Crippen MR) is 98.8 cm³/mol. The Balaban J connectivity index is 2.02. The van der Waals surface area contributed by atoms with Crippen LogP contribution in [0.15, 0.2) is 48.5 Å². The second-order valence-electron chi connectivity index (χ2n) is 5.76. The van der Waals surface area contributed by atoms with Gasteiger partial charge in [-0.25, -0.2) is 4.79 Å². The van der Waals surface area contributed by atoms with Crippen LogP contribution in [0.25, 0.3) is 0 Å². The van der Waals surface area contributed by atoms with Crippen molar-refractivity contribution < 1.29 is 24.2 Å². The molecular formula is C19H19NO5S. The minimum Gasteiger partial charge on any atom is -0.497 e. The van der Waals surface area contributed by atoms with Crippen LogP contribution in [0.3, 0.4) is 0 Å². The fraction of sp³-hybridized carbons (Fsp3) is 0.263. The second kappa shape index (κ2) is 7.70. The van der Waals surface area contributed by atoms with E-state index in [1.165, 1.54) is 30.9 Å². The number of aliphatic carboxylic acids is 1. The normalized spacial score (nSPS) is 19.2. The van der Waals surface area contributed by atoms with E-state index in [4.69, 9.17) is 9.47 Å². The number of carbonyl (C=O) groups is 2. The minimum absolute atomic E-state index is 0.330. The Labute approximate surface area is 155 Å². The van der Waals surface area contributed by atoms with Crippen LogP contribution < -0.4 is 9.47 Å². The maximum Gasteiger partial charge on any atom is 0.327 e. The zero-order chi connectivity index (χ0) is 18.7. The molecule has 0 radical (unpaired) electrons. The summed E-state index contributed by atoms with van der Waals surface area (Å²) in [6.45, 7) is 0. The Morgan fingerprint density at radius 3 is 2.23 bits per heavy atom. The third-order valence-electron chi connectivity index (χ3n) is 4.20. The van der Waals surface area contributed by atoms with Crippen LogP contribution in [0.4, 0.5) is 0 Å². The molecule has 1 heterocycles. The molecular weight excluding hydrogens is 354 g/mol. The highest BCUT2D eigenvalue weighted by Gasteiger charge is 2.42. The first-order valence-corrected chi connectivity index (χ1v) is 9.05. The molecule has 0 unspecified atom stereocenters. The lowest BCUT2D eigenvalue weighted by Gasteiger charge is -2.28. The first kappa shape index (κ1) is 18.1. The monoisotopic (exact) mass is 373 g/mol. The van der Waals surface area contributed by atoms with E-state index in [0.717, 1.165) is 5.56 Å². The van der Waals surface area contributed by atoms with Crippen molar-refractivity contribution in [2.75, 3.05) is 20.0 Å². The first-order valence-electron chi connectivity index (χ1n) is 8.00. The molecule has 136 valence electrons. The standard InChI is InChI=1S/C19H19NO5S/c1-24-14-8-13(9-15(10-14)25-2)17(21)20-16(19(22)23)11-26-18(20)12-6-4-3-5-7-12/h3-10,16,18H,11H2,1-2H3,(H,22,23)/t16-,18-/m1/s1. The second-order valence-corrected chi connectivity index (χ2v) is 6.88. The van der Waals surface area contributed by atoms with Gasteiger partial charge in [0.15, 0.2) is 0 Å². The third kappa shape index (κ3) is 3.48. The Morgan fingerprint density at radius 2 is 1.69 bits per heavy atom. The molecule has 3 rings (SSSR count). The fourth-order valence-corrected chi connectivity index (χ4v) is 4.32. The summed E-state index contributed by atoms with van der Waals surface area (Å²) in [5.41, 5.74) is 1.22. The maximum absolute atomic E-state index is 13.2. The number of hydrogen-bond acceptors (Lipinski definition) is 5. The van der Waals surface area contributed by atoms with Crippen LogP contribution in [0, 0.1) is 0 Å². The van der Waals surface area contributed by atoms with Crippen LogP contribution in [0.5, 0.6) is 11.5 Å². The van der Waals surface area contributed by atoms with Gasteiger partial charge in [0.1, 0.15) is 22.9 Å². The van der Waals surface area contributed by atoms with Crippen molar-refractivity contribution in [3.05, 3.63) is 59.7 Å². The highest BCUT2D eigenvalue weighted by atomic mass is 32.2. The topological polar surface area (TPSA) is 76.1 Å². The van der Waals surface area contributed by atoms with E-state index in [9.17, 15) is 14.7 Å². The zero-order valence-electron chi connectivity index (χ0n) is 14.4. The molecule has 6 nitrogen and oxygen atoms in total. The van der Waals surface area contributed by atoms with Crippen molar-refractivity contribution >= 4 is 23.6 Å². The number of hydrogen-bond donors (Lipinski definition) is 1. The summed E-state index contributed by atoms with van der Waals surface area (Å²) in [4.78, 5) is 26.4. The van der Waals surface area contributed by atoms with Crippen LogP contribution in [0.2, 0.25) is 0 Å². The Hall–Kier alpha value is -2.67. The van der Waals surface area contributed by atoms with Crippen LogP contribution >= 0.6 is 11.8 Å². The number of rotatable bonds is 5. The van der Waals surface area contributed by atoms with E-state index in [1.807, 2.05) is 30.3 Å². The Bertz CT molecular complexity index is 789.